The first-order chi connectivity index (χ1) is 16.0. The summed E-state index contributed by atoms with van der Waals surface area (Å²) in [4.78, 5) is 17.1. The molecule has 0 aliphatic heterocycles. The molecular formula is C26H20N4O3. The predicted octanol–water partition coefficient (Wildman–Crippen LogP) is 6.03. The Labute approximate surface area is 189 Å². The number of rotatable bonds is 4. The number of aromatic nitrogens is 1. The predicted molar refractivity (Wildman–Crippen MR) is 131 cm³/mol. The largest absolute Gasteiger partial charge is 0.508 e. The number of nitrogen functional groups attached to an aromatic ring is 1. The van der Waals surface area contributed by atoms with Crippen molar-refractivity contribution in [2.24, 2.45) is 0 Å². The molecule has 5 aromatic rings. The Morgan fingerprint density at radius 3 is 2.21 bits per heavy atom. The molecule has 5 N–H and O–H groups in total. The molecule has 7 heteroatoms. The van der Waals surface area contributed by atoms with E-state index in [-0.39, 0.29) is 11.5 Å². The zero-order chi connectivity index (χ0) is 22.8. The maximum atomic E-state index is 12.3. The van der Waals surface area contributed by atoms with Gasteiger partial charge in [-0.2, -0.15) is 0 Å². The van der Waals surface area contributed by atoms with Gasteiger partial charge in [0.15, 0.2) is 0 Å². The number of nitrogens with one attached hydrogen (secondary N) is 2. The number of phenols is 1. The molecule has 0 spiro atoms. The van der Waals surface area contributed by atoms with Crippen molar-refractivity contribution in [3.63, 3.8) is 0 Å². The number of carbonyl (C=O) groups is 1. The van der Waals surface area contributed by atoms with Crippen LogP contribution in [0.5, 0.6) is 11.5 Å². The number of carbonyl (C=O) groups excluding carboxylic acids is 1. The van der Waals surface area contributed by atoms with Crippen LogP contribution in [0.15, 0.2) is 91.0 Å². The van der Waals surface area contributed by atoms with E-state index in [4.69, 9.17) is 15.5 Å². The molecule has 0 unspecified atom stereocenters. The minimum absolute atomic E-state index is 0.0417. The average molecular weight is 436 g/mol. The minimum atomic E-state index is -0.697. The van der Waals surface area contributed by atoms with Gasteiger partial charge in [0.2, 0.25) is 0 Å². The van der Waals surface area contributed by atoms with E-state index in [1.807, 2.05) is 48.5 Å². The lowest BCUT2D eigenvalue weighted by molar-refractivity contribution is 0.215. The molecule has 0 radical (unpaired) electrons. The maximum Gasteiger partial charge on any atom is 0.417 e. The molecule has 7 nitrogen and oxygen atoms in total. The third-order valence-corrected chi connectivity index (χ3v) is 5.09. The summed E-state index contributed by atoms with van der Waals surface area (Å²) in [5, 5.41) is 17.5. The molecule has 162 valence electrons. The van der Waals surface area contributed by atoms with E-state index in [1.165, 1.54) is 12.1 Å². The van der Waals surface area contributed by atoms with Gasteiger partial charge in [0, 0.05) is 46.0 Å². The summed E-state index contributed by atoms with van der Waals surface area (Å²) in [6.45, 7) is 0. The molecule has 0 saturated carbocycles. The van der Waals surface area contributed by atoms with Crippen molar-refractivity contribution < 1.29 is 14.6 Å². The Bertz CT molecular complexity index is 1450. The topological polar surface area (TPSA) is 110 Å². The molecule has 0 atom stereocenters. The molecule has 0 aliphatic carbocycles. The molecule has 33 heavy (non-hydrogen) atoms. The summed E-state index contributed by atoms with van der Waals surface area (Å²) in [5.41, 5.74) is 10.2. The van der Waals surface area contributed by atoms with Crippen LogP contribution in [0.4, 0.5) is 27.5 Å². The molecule has 1 heterocycles. The number of benzene rings is 4. The van der Waals surface area contributed by atoms with E-state index in [0.29, 0.717) is 17.1 Å². The first-order valence-electron chi connectivity index (χ1n) is 10.3. The van der Waals surface area contributed by atoms with Gasteiger partial charge in [-0.05, 0) is 30.3 Å². The summed E-state index contributed by atoms with van der Waals surface area (Å²) in [5.74, 6) is 0.317. The second kappa shape index (κ2) is 8.39. The number of pyridine rings is 1. The Balaban J connectivity index is 1.46. The highest BCUT2D eigenvalue weighted by Gasteiger charge is 2.12. The van der Waals surface area contributed by atoms with Crippen molar-refractivity contribution in [3.05, 3.63) is 91.0 Å². The van der Waals surface area contributed by atoms with Gasteiger partial charge in [-0.1, -0.05) is 42.5 Å². The highest BCUT2D eigenvalue weighted by molar-refractivity contribution is 6.08. The van der Waals surface area contributed by atoms with Crippen molar-refractivity contribution in [2.75, 3.05) is 16.4 Å². The van der Waals surface area contributed by atoms with E-state index >= 15 is 0 Å². The SMILES string of the molecule is Nc1cc(Nc2c3ccccc3nc3ccccc23)cc(OC(=O)Nc2cccc(O)c2)c1. The number of para-hydroxylation sites is 2. The molecule has 1 amide bonds. The fourth-order valence-corrected chi connectivity index (χ4v) is 3.71. The number of nitrogens with two attached hydrogens (primary N) is 1. The summed E-state index contributed by atoms with van der Waals surface area (Å²) >= 11 is 0. The van der Waals surface area contributed by atoms with Gasteiger partial charge < -0.3 is 20.9 Å². The zero-order valence-corrected chi connectivity index (χ0v) is 17.4. The van der Waals surface area contributed by atoms with Gasteiger partial charge in [0.25, 0.3) is 0 Å². The van der Waals surface area contributed by atoms with Gasteiger partial charge in [-0.3, -0.25) is 5.32 Å². The highest BCUT2D eigenvalue weighted by atomic mass is 16.6. The number of aromatic hydroxyl groups is 1. The van der Waals surface area contributed by atoms with Crippen molar-refractivity contribution >= 4 is 50.6 Å². The standard InChI is InChI=1S/C26H20N4O3/c27-16-12-18(15-20(13-16)33-26(32)29-17-6-5-7-19(31)14-17)28-25-21-8-1-3-10-23(21)30-24-11-4-2-9-22(24)25/h1-15,31H,27H2,(H,28,30)(H,29,32). The van der Waals surface area contributed by atoms with E-state index < -0.39 is 6.09 Å². The van der Waals surface area contributed by atoms with Crippen molar-refractivity contribution in [1.29, 1.82) is 0 Å². The van der Waals surface area contributed by atoms with Crippen molar-refractivity contribution in [2.45, 2.75) is 0 Å². The van der Waals surface area contributed by atoms with E-state index in [0.717, 1.165) is 27.5 Å². The third kappa shape index (κ3) is 4.33. The van der Waals surface area contributed by atoms with Crippen LogP contribution in [0.25, 0.3) is 21.8 Å². The molecule has 1 aromatic heterocycles. The van der Waals surface area contributed by atoms with Crippen LogP contribution in [-0.4, -0.2) is 16.2 Å². The van der Waals surface area contributed by atoms with E-state index in [9.17, 15) is 9.90 Å². The van der Waals surface area contributed by atoms with E-state index in [2.05, 4.69) is 10.6 Å². The number of ether oxygens (including phenoxy) is 1. The number of anilines is 4. The summed E-state index contributed by atoms with van der Waals surface area (Å²) in [6, 6.07) is 27.0. The van der Waals surface area contributed by atoms with Gasteiger partial charge in [-0.15, -0.1) is 0 Å². The summed E-state index contributed by atoms with van der Waals surface area (Å²) in [7, 11) is 0. The van der Waals surface area contributed by atoms with E-state index in [1.54, 1.807) is 30.3 Å². The monoisotopic (exact) mass is 436 g/mol. The van der Waals surface area contributed by atoms with Crippen LogP contribution >= 0.6 is 0 Å². The fourth-order valence-electron chi connectivity index (χ4n) is 3.71. The maximum absolute atomic E-state index is 12.3. The van der Waals surface area contributed by atoms with Crippen LogP contribution in [0.1, 0.15) is 0 Å². The lowest BCUT2D eigenvalue weighted by Gasteiger charge is -2.15. The number of nitrogens with zero attached hydrogens (tertiary/aromatic N) is 1. The number of fused-ring (bicyclic) bond motifs is 2. The van der Waals surface area contributed by atoms with Crippen LogP contribution in [0, 0.1) is 0 Å². The van der Waals surface area contributed by atoms with Crippen molar-refractivity contribution in [3.8, 4) is 11.5 Å². The quantitative estimate of drug-likeness (QED) is 0.202. The van der Waals surface area contributed by atoms with Gasteiger partial charge >= 0.3 is 6.09 Å². The molecule has 0 bridgehead atoms. The lowest BCUT2D eigenvalue weighted by Crippen LogP contribution is -2.16. The fraction of sp³-hybridized carbons (Fsp3) is 0. The Kier molecular flexibility index (Phi) is 5.12. The minimum Gasteiger partial charge on any atom is -0.508 e. The number of hydrogen-bond acceptors (Lipinski definition) is 6. The molecule has 0 fully saturated rings. The zero-order valence-electron chi connectivity index (χ0n) is 17.4. The van der Waals surface area contributed by atoms with Gasteiger partial charge in [0.1, 0.15) is 11.5 Å². The van der Waals surface area contributed by atoms with Crippen LogP contribution in [0.3, 0.4) is 0 Å². The highest BCUT2D eigenvalue weighted by Crippen LogP contribution is 2.34. The molecule has 4 aromatic carbocycles. The molecular weight excluding hydrogens is 416 g/mol. The Hall–Kier alpha value is -4.78. The van der Waals surface area contributed by atoms with Gasteiger partial charge in [-0.25, -0.2) is 9.78 Å². The summed E-state index contributed by atoms with van der Waals surface area (Å²) in [6.07, 6.45) is -0.697. The third-order valence-electron chi connectivity index (χ3n) is 5.09. The Morgan fingerprint density at radius 2 is 1.52 bits per heavy atom. The van der Waals surface area contributed by atoms with Crippen molar-refractivity contribution in [1.82, 2.24) is 4.98 Å². The Morgan fingerprint density at radius 1 is 0.818 bits per heavy atom. The van der Waals surface area contributed by atoms with Gasteiger partial charge in [0.05, 0.1) is 16.7 Å². The number of hydrogen-bond donors (Lipinski definition) is 4. The van der Waals surface area contributed by atoms with Crippen LogP contribution < -0.4 is 21.1 Å². The molecule has 0 aliphatic rings. The molecule has 0 saturated heterocycles. The smallest absolute Gasteiger partial charge is 0.417 e. The molecule has 5 rings (SSSR count). The number of amides is 1. The lowest BCUT2D eigenvalue weighted by atomic mass is 10.1. The number of phenolic OH excluding ortho intramolecular Hbond substituents is 1. The van der Waals surface area contributed by atoms with Crippen LogP contribution in [0.2, 0.25) is 0 Å². The first-order valence-corrected chi connectivity index (χ1v) is 10.3. The normalized spacial score (nSPS) is 10.8. The summed E-state index contributed by atoms with van der Waals surface area (Å²) < 4.78 is 5.43. The second-order valence-electron chi connectivity index (χ2n) is 7.50. The first kappa shape index (κ1) is 20.1. The van der Waals surface area contributed by atoms with Crippen LogP contribution in [-0.2, 0) is 0 Å². The second-order valence-corrected chi connectivity index (χ2v) is 7.50. The average Bonchev–Trinajstić information content (AvgIpc) is 2.78.